The molecule has 0 saturated carbocycles. The number of aliphatic hydroxyl groups excluding tert-OH is 1. The van der Waals surface area contributed by atoms with Gasteiger partial charge in [-0.15, -0.1) is 0 Å². The van der Waals surface area contributed by atoms with Crippen molar-refractivity contribution in [3.8, 4) is 5.75 Å². The van der Waals surface area contributed by atoms with Crippen LogP contribution in [0.15, 0.2) is 48.5 Å². The highest BCUT2D eigenvalue weighted by molar-refractivity contribution is 5.73. The molecule has 0 amide bonds. The van der Waals surface area contributed by atoms with E-state index in [-0.39, 0.29) is 24.9 Å². The fourth-order valence-corrected chi connectivity index (χ4v) is 4.87. The SMILES string of the molecule is CC1(C)c2ccccc2N(CCOC(=O)CCCCCO)C12C=Cc1cc([N+](=O)[O-])ccc1O2. The maximum Gasteiger partial charge on any atom is 0.305 e. The number of unbranched alkanes of at least 4 members (excludes halogenated alkanes) is 2. The smallest absolute Gasteiger partial charge is 0.305 e. The van der Waals surface area contributed by atoms with Crippen LogP contribution in [0.3, 0.4) is 0 Å². The largest absolute Gasteiger partial charge is 0.464 e. The molecule has 0 saturated heterocycles. The molecule has 2 aromatic carbocycles. The number of carbonyl (C=O) groups is 1. The Hall–Kier alpha value is -3.39. The first-order valence-electron chi connectivity index (χ1n) is 11.6. The molecular formula is C26H30N2O6. The predicted octanol–water partition coefficient (Wildman–Crippen LogP) is 4.59. The monoisotopic (exact) mass is 466 g/mol. The number of nitro benzene ring substituents is 1. The van der Waals surface area contributed by atoms with Gasteiger partial charge in [-0.2, -0.15) is 0 Å². The van der Waals surface area contributed by atoms with E-state index in [2.05, 4.69) is 24.8 Å². The van der Waals surface area contributed by atoms with E-state index in [0.717, 1.165) is 17.7 Å². The Kier molecular flexibility index (Phi) is 6.61. The van der Waals surface area contributed by atoms with E-state index in [1.807, 2.05) is 30.4 Å². The molecule has 2 heterocycles. The quantitative estimate of drug-likeness (QED) is 0.250. The van der Waals surface area contributed by atoms with Gasteiger partial charge >= 0.3 is 5.97 Å². The number of non-ortho nitro benzene ring substituents is 1. The minimum Gasteiger partial charge on any atom is -0.464 e. The van der Waals surface area contributed by atoms with Gasteiger partial charge in [0.1, 0.15) is 12.4 Å². The zero-order valence-electron chi connectivity index (χ0n) is 19.5. The predicted molar refractivity (Wildman–Crippen MR) is 129 cm³/mol. The first-order valence-corrected chi connectivity index (χ1v) is 11.6. The van der Waals surface area contributed by atoms with Crippen LogP contribution < -0.4 is 9.64 Å². The molecule has 1 N–H and O–H groups in total. The first kappa shape index (κ1) is 23.8. The number of nitrogens with zero attached hydrogens (tertiary/aromatic N) is 2. The molecule has 1 spiro atoms. The lowest BCUT2D eigenvalue weighted by atomic mass is 9.76. The number of nitro groups is 1. The molecule has 0 aromatic heterocycles. The van der Waals surface area contributed by atoms with Crippen molar-refractivity contribution in [3.05, 3.63) is 69.8 Å². The van der Waals surface area contributed by atoms with Gasteiger partial charge in [0.15, 0.2) is 0 Å². The Morgan fingerprint density at radius 2 is 1.97 bits per heavy atom. The number of carbonyl (C=O) groups excluding carboxylic acids is 1. The molecule has 1 atom stereocenters. The summed E-state index contributed by atoms with van der Waals surface area (Å²) < 4.78 is 12.1. The molecule has 0 aliphatic carbocycles. The fourth-order valence-electron chi connectivity index (χ4n) is 4.87. The number of hydrogen-bond acceptors (Lipinski definition) is 7. The minimum atomic E-state index is -0.882. The van der Waals surface area contributed by atoms with E-state index in [9.17, 15) is 14.9 Å². The number of esters is 1. The van der Waals surface area contributed by atoms with Gasteiger partial charge in [0.05, 0.1) is 16.9 Å². The van der Waals surface area contributed by atoms with Gasteiger partial charge < -0.3 is 19.5 Å². The lowest BCUT2D eigenvalue weighted by Crippen LogP contribution is -2.60. The normalized spacial score (nSPS) is 19.4. The van der Waals surface area contributed by atoms with Crippen LogP contribution in [0.25, 0.3) is 6.08 Å². The third-order valence-corrected chi connectivity index (χ3v) is 6.74. The van der Waals surface area contributed by atoms with Crippen LogP contribution in [0, 0.1) is 10.1 Å². The van der Waals surface area contributed by atoms with Crippen LogP contribution in [-0.2, 0) is 14.9 Å². The highest BCUT2D eigenvalue weighted by Gasteiger charge is 2.58. The average molecular weight is 467 g/mol. The van der Waals surface area contributed by atoms with Gasteiger partial charge in [0, 0.05) is 36.4 Å². The standard InChI is InChI=1S/C26H30N2O6/c1-25(2)21-8-5-6-9-22(21)27(15-17-33-24(30)10-4-3-7-16-29)26(25)14-13-19-18-20(28(31)32)11-12-23(19)34-26/h5-6,8-9,11-14,18,29H,3-4,7,10,15-17H2,1-2H3. The molecule has 0 fully saturated rings. The second-order valence-electron chi connectivity index (χ2n) is 9.16. The third-order valence-electron chi connectivity index (χ3n) is 6.74. The molecule has 0 radical (unpaired) electrons. The number of para-hydroxylation sites is 1. The van der Waals surface area contributed by atoms with Crippen LogP contribution in [0.2, 0.25) is 0 Å². The van der Waals surface area contributed by atoms with Crippen molar-refractivity contribution >= 4 is 23.4 Å². The zero-order valence-corrected chi connectivity index (χ0v) is 19.5. The summed E-state index contributed by atoms with van der Waals surface area (Å²) >= 11 is 0. The average Bonchev–Trinajstić information content (AvgIpc) is 3.00. The van der Waals surface area contributed by atoms with E-state index in [4.69, 9.17) is 14.6 Å². The molecule has 2 aromatic rings. The molecule has 8 heteroatoms. The highest BCUT2D eigenvalue weighted by atomic mass is 16.6. The molecule has 2 aliphatic heterocycles. The lowest BCUT2D eigenvalue weighted by Gasteiger charge is -2.47. The topological polar surface area (TPSA) is 102 Å². The molecule has 1 unspecified atom stereocenters. The summed E-state index contributed by atoms with van der Waals surface area (Å²) in [6.45, 7) is 4.98. The number of fused-ring (bicyclic) bond motifs is 2. The van der Waals surface area contributed by atoms with Crippen molar-refractivity contribution in [2.75, 3.05) is 24.7 Å². The Balaban J connectivity index is 1.57. The summed E-state index contributed by atoms with van der Waals surface area (Å²) in [4.78, 5) is 25.1. The van der Waals surface area contributed by atoms with Crippen LogP contribution in [0.4, 0.5) is 11.4 Å². The number of hydrogen-bond donors (Lipinski definition) is 1. The van der Waals surface area contributed by atoms with Crippen molar-refractivity contribution < 1.29 is 24.3 Å². The van der Waals surface area contributed by atoms with Gasteiger partial charge in [-0.25, -0.2) is 0 Å². The summed E-state index contributed by atoms with van der Waals surface area (Å²) in [5.74, 6) is 0.316. The van der Waals surface area contributed by atoms with Gasteiger partial charge in [-0.3, -0.25) is 14.9 Å². The van der Waals surface area contributed by atoms with Crippen molar-refractivity contribution in [2.45, 2.75) is 50.7 Å². The van der Waals surface area contributed by atoms with Crippen LogP contribution in [0.5, 0.6) is 5.75 Å². The fraction of sp³-hybridized carbons (Fsp3) is 0.423. The van der Waals surface area contributed by atoms with Crippen molar-refractivity contribution in [1.82, 2.24) is 0 Å². The molecule has 34 heavy (non-hydrogen) atoms. The third kappa shape index (κ3) is 4.14. The van der Waals surface area contributed by atoms with Crippen molar-refractivity contribution in [3.63, 3.8) is 0 Å². The molecular weight excluding hydrogens is 436 g/mol. The van der Waals surface area contributed by atoms with Crippen molar-refractivity contribution in [1.29, 1.82) is 0 Å². The summed E-state index contributed by atoms with van der Waals surface area (Å²) in [6.07, 6.45) is 6.32. The maximum atomic E-state index is 12.2. The van der Waals surface area contributed by atoms with E-state index < -0.39 is 16.1 Å². The van der Waals surface area contributed by atoms with Gasteiger partial charge in [-0.05, 0) is 56.5 Å². The number of benzene rings is 2. The number of rotatable bonds is 9. The number of aliphatic hydroxyl groups is 1. The Bertz CT molecular complexity index is 1110. The summed E-state index contributed by atoms with van der Waals surface area (Å²) in [7, 11) is 0. The van der Waals surface area contributed by atoms with E-state index >= 15 is 0 Å². The molecule has 2 aliphatic rings. The number of anilines is 1. The Morgan fingerprint density at radius 1 is 1.18 bits per heavy atom. The Labute approximate surface area is 198 Å². The van der Waals surface area contributed by atoms with Crippen LogP contribution >= 0.6 is 0 Å². The number of ether oxygens (including phenoxy) is 2. The second-order valence-corrected chi connectivity index (χ2v) is 9.16. The van der Waals surface area contributed by atoms with Crippen LogP contribution in [-0.4, -0.2) is 41.5 Å². The summed E-state index contributed by atoms with van der Waals surface area (Å²) in [6, 6.07) is 12.7. The maximum absolute atomic E-state index is 12.2. The van der Waals surface area contributed by atoms with E-state index in [1.165, 1.54) is 12.1 Å². The summed E-state index contributed by atoms with van der Waals surface area (Å²) in [5, 5.41) is 20.1. The Morgan fingerprint density at radius 3 is 2.74 bits per heavy atom. The molecule has 180 valence electrons. The highest BCUT2D eigenvalue weighted by Crippen LogP contribution is 2.54. The molecule has 0 bridgehead atoms. The van der Waals surface area contributed by atoms with E-state index in [1.54, 1.807) is 6.07 Å². The van der Waals surface area contributed by atoms with Crippen LogP contribution in [0.1, 0.15) is 50.7 Å². The van der Waals surface area contributed by atoms with Gasteiger partial charge in [0.2, 0.25) is 5.72 Å². The summed E-state index contributed by atoms with van der Waals surface area (Å²) in [5.41, 5.74) is 1.45. The molecule has 4 rings (SSSR count). The second kappa shape index (κ2) is 9.46. The van der Waals surface area contributed by atoms with E-state index in [0.29, 0.717) is 37.1 Å². The van der Waals surface area contributed by atoms with Crippen molar-refractivity contribution in [2.24, 2.45) is 0 Å². The first-order chi connectivity index (χ1) is 16.3. The minimum absolute atomic E-state index is 0.0136. The zero-order chi connectivity index (χ0) is 24.3. The lowest BCUT2D eigenvalue weighted by molar-refractivity contribution is -0.384. The molecule has 8 nitrogen and oxygen atoms in total. The van der Waals surface area contributed by atoms with Gasteiger partial charge in [-0.1, -0.05) is 24.6 Å². The van der Waals surface area contributed by atoms with Gasteiger partial charge in [0.25, 0.3) is 5.69 Å².